The van der Waals surface area contributed by atoms with Crippen LogP contribution in [0, 0.1) is 0 Å². The summed E-state index contributed by atoms with van der Waals surface area (Å²) in [5, 5.41) is 8.85. The lowest BCUT2D eigenvalue weighted by molar-refractivity contribution is -0.116. The molecule has 0 saturated heterocycles. The summed E-state index contributed by atoms with van der Waals surface area (Å²) in [4.78, 5) is 16.3. The van der Waals surface area contributed by atoms with E-state index in [0.717, 1.165) is 0 Å². The Morgan fingerprint density at radius 3 is 2.75 bits per heavy atom. The number of amidine groups is 1. The minimum Gasteiger partial charge on any atom is -0.301 e. The Morgan fingerprint density at radius 1 is 1.21 bits per heavy atom. The number of sulfonamides is 1. The molecule has 28 heavy (non-hydrogen) atoms. The van der Waals surface area contributed by atoms with Gasteiger partial charge in [-0.05, 0) is 25.0 Å². The summed E-state index contributed by atoms with van der Waals surface area (Å²) in [6, 6.07) is 6.63. The largest absolute Gasteiger partial charge is 0.301 e. The van der Waals surface area contributed by atoms with Crippen molar-refractivity contribution >= 4 is 38.2 Å². The molecule has 0 bridgehead atoms. The fourth-order valence-electron chi connectivity index (χ4n) is 2.57. The van der Waals surface area contributed by atoms with Crippen LogP contribution in [0.1, 0.15) is 42.7 Å². The average Bonchev–Trinajstić information content (AvgIpc) is 3.21. The van der Waals surface area contributed by atoms with Gasteiger partial charge in [0.05, 0.1) is 4.90 Å². The number of fused-ring (bicyclic) bond motifs is 1. The molecule has 0 unspecified atom stereocenters. The minimum atomic E-state index is -3.54. The molecule has 0 spiro atoms. The van der Waals surface area contributed by atoms with Crippen LogP contribution < -0.4 is 10.0 Å². The molecule has 2 N–H and O–H groups in total. The van der Waals surface area contributed by atoms with Crippen LogP contribution in [0.25, 0.3) is 0 Å². The van der Waals surface area contributed by atoms with Crippen LogP contribution in [0.5, 0.6) is 0 Å². The smallest absolute Gasteiger partial charge is 0.291 e. The van der Waals surface area contributed by atoms with E-state index in [4.69, 9.17) is 0 Å². The fourth-order valence-corrected chi connectivity index (χ4v) is 4.44. The predicted molar refractivity (Wildman–Crippen MR) is 100 cm³/mol. The Bertz CT molecular complexity index is 992. The van der Waals surface area contributed by atoms with Crippen molar-refractivity contribution in [3.8, 4) is 0 Å². The third-order valence-electron chi connectivity index (χ3n) is 3.87. The number of amides is 1. The first-order chi connectivity index (χ1) is 13.4. The number of benzene rings is 1. The third kappa shape index (κ3) is 4.87. The van der Waals surface area contributed by atoms with Gasteiger partial charge in [-0.3, -0.25) is 14.5 Å². The second kappa shape index (κ2) is 8.69. The van der Waals surface area contributed by atoms with Gasteiger partial charge in [-0.2, -0.15) is 0 Å². The predicted octanol–water partition coefficient (Wildman–Crippen LogP) is 2.71. The van der Waals surface area contributed by atoms with Crippen molar-refractivity contribution in [2.24, 2.45) is 4.99 Å². The Hall–Kier alpha value is -2.47. The standard InChI is InChI=1S/C16H17F2N5O3S2/c17-13(18)15-21-22-16(27-15)20-12(24)8-2-1-5-9-19-14-10-6-3-4-7-11(10)28(25,26)23-14/h3-4,6-7,13H,1-2,5,8-9H2,(H,19,23)(H,20,22,24). The van der Waals surface area contributed by atoms with E-state index in [1.165, 1.54) is 6.07 Å². The molecule has 3 rings (SSSR count). The minimum absolute atomic E-state index is 0.0545. The van der Waals surface area contributed by atoms with E-state index in [2.05, 4.69) is 25.2 Å². The molecule has 1 aliphatic heterocycles. The maximum atomic E-state index is 12.4. The van der Waals surface area contributed by atoms with E-state index in [1.54, 1.807) is 18.2 Å². The normalized spacial score (nSPS) is 16.2. The highest BCUT2D eigenvalue weighted by molar-refractivity contribution is 7.90. The van der Waals surface area contributed by atoms with Gasteiger partial charge < -0.3 is 5.32 Å². The van der Waals surface area contributed by atoms with Crippen LogP contribution in [0.2, 0.25) is 0 Å². The summed E-state index contributed by atoms with van der Waals surface area (Å²) in [6.45, 7) is 0.419. The molecule has 0 aliphatic carbocycles. The van der Waals surface area contributed by atoms with Crippen LogP contribution in [-0.2, 0) is 14.8 Å². The quantitative estimate of drug-likeness (QED) is 0.627. The Balaban J connectivity index is 1.39. The molecule has 0 atom stereocenters. The van der Waals surface area contributed by atoms with Crippen molar-refractivity contribution in [3.05, 3.63) is 34.8 Å². The maximum absolute atomic E-state index is 12.4. The van der Waals surface area contributed by atoms with Crippen molar-refractivity contribution < 1.29 is 22.0 Å². The molecule has 8 nitrogen and oxygen atoms in total. The molecular weight excluding hydrogens is 412 g/mol. The van der Waals surface area contributed by atoms with Gasteiger partial charge in [-0.25, -0.2) is 17.2 Å². The Morgan fingerprint density at radius 2 is 2.00 bits per heavy atom. The highest BCUT2D eigenvalue weighted by Gasteiger charge is 2.29. The second-order valence-electron chi connectivity index (χ2n) is 5.94. The molecule has 0 radical (unpaired) electrons. The number of aliphatic imine (C=N–C) groups is 1. The maximum Gasteiger partial charge on any atom is 0.291 e. The number of nitrogens with one attached hydrogen (secondary N) is 2. The molecule has 1 aromatic heterocycles. The molecule has 0 saturated carbocycles. The summed E-state index contributed by atoms with van der Waals surface area (Å²) < 4.78 is 51.2. The van der Waals surface area contributed by atoms with Crippen molar-refractivity contribution in [1.29, 1.82) is 0 Å². The Labute approximate surface area is 164 Å². The highest BCUT2D eigenvalue weighted by atomic mass is 32.2. The third-order valence-corrected chi connectivity index (χ3v) is 6.11. The van der Waals surface area contributed by atoms with Crippen LogP contribution in [0.3, 0.4) is 0 Å². The van der Waals surface area contributed by atoms with Crippen LogP contribution in [0.15, 0.2) is 34.2 Å². The van der Waals surface area contributed by atoms with E-state index < -0.39 is 21.5 Å². The van der Waals surface area contributed by atoms with Gasteiger partial charge in [-0.1, -0.05) is 29.9 Å². The molecule has 1 aliphatic rings. The number of rotatable bonds is 8. The van der Waals surface area contributed by atoms with E-state index in [0.29, 0.717) is 48.5 Å². The number of nitrogens with zero attached hydrogens (tertiary/aromatic N) is 3. The SMILES string of the molecule is O=C(CCCCCN=C1NS(=O)(=O)c2ccccc21)Nc1nnc(C(F)F)s1. The van der Waals surface area contributed by atoms with E-state index in [-0.39, 0.29) is 22.4 Å². The molecular formula is C16H17F2N5O3S2. The van der Waals surface area contributed by atoms with Gasteiger partial charge in [0.1, 0.15) is 5.84 Å². The van der Waals surface area contributed by atoms with Crippen molar-refractivity contribution in [1.82, 2.24) is 14.9 Å². The zero-order valence-electron chi connectivity index (χ0n) is 14.6. The number of alkyl halides is 2. The lowest BCUT2D eigenvalue weighted by Gasteiger charge is -2.02. The number of carbonyl (C=O) groups excluding carboxylic acids is 1. The Kier molecular flexibility index (Phi) is 6.29. The zero-order chi connectivity index (χ0) is 20.1. The van der Waals surface area contributed by atoms with Gasteiger partial charge >= 0.3 is 0 Å². The van der Waals surface area contributed by atoms with Crippen molar-refractivity contribution in [2.75, 3.05) is 11.9 Å². The summed E-state index contributed by atoms with van der Waals surface area (Å²) in [5.41, 5.74) is 0.558. The first kappa shape index (κ1) is 20.3. The average molecular weight is 429 g/mol. The van der Waals surface area contributed by atoms with E-state index >= 15 is 0 Å². The fraction of sp³-hybridized carbons (Fsp3) is 0.375. The lowest BCUT2D eigenvalue weighted by atomic mass is 10.2. The topological polar surface area (TPSA) is 113 Å². The first-order valence-electron chi connectivity index (χ1n) is 8.45. The molecule has 1 aromatic carbocycles. The van der Waals surface area contributed by atoms with Crippen LogP contribution >= 0.6 is 11.3 Å². The highest BCUT2D eigenvalue weighted by Crippen LogP contribution is 2.25. The first-order valence-corrected chi connectivity index (χ1v) is 10.7. The molecule has 1 amide bonds. The summed E-state index contributed by atoms with van der Waals surface area (Å²) in [5.74, 6) is 0.0141. The number of hydrogen-bond acceptors (Lipinski definition) is 7. The summed E-state index contributed by atoms with van der Waals surface area (Å²) >= 11 is 0.647. The summed E-state index contributed by atoms with van der Waals surface area (Å²) in [6.07, 6.45) is -0.526. The van der Waals surface area contributed by atoms with Crippen LogP contribution in [0.4, 0.5) is 13.9 Å². The number of unbranched alkanes of at least 4 members (excludes halogenated alkanes) is 2. The van der Waals surface area contributed by atoms with Gasteiger partial charge in [0.25, 0.3) is 16.4 Å². The van der Waals surface area contributed by atoms with Gasteiger partial charge in [0.2, 0.25) is 11.0 Å². The van der Waals surface area contributed by atoms with Gasteiger partial charge in [-0.15, -0.1) is 10.2 Å². The lowest BCUT2D eigenvalue weighted by Crippen LogP contribution is -2.22. The number of aromatic nitrogens is 2. The number of carbonyl (C=O) groups is 1. The van der Waals surface area contributed by atoms with Crippen molar-refractivity contribution in [3.63, 3.8) is 0 Å². The zero-order valence-corrected chi connectivity index (χ0v) is 16.2. The molecule has 150 valence electrons. The van der Waals surface area contributed by atoms with Gasteiger partial charge in [0, 0.05) is 18.5 Å². The van der Waals surface area contributed by atoms with E-state index in [9.17, 15) is 22.0 Å². The summed E-state index contributed by atoms with van der Waals surface area (Å²) in [7, 11) is -3.54. The molecule has 12 heteroatoms. The van der Waals surface area contributed by atoms with Crippen LogP contribution in [-0.4, -0.2) is 36.9 Å². The second-order valence-corrected chi connectivity index (χ2v) is 8.60. The van der Waals surface area contributed by atoms with E-state index in [1.807, 2.05) is 0 Å². The molecule has 2 aromatic rings. The van der Waals surface area contributed by atoms with Gasteiger partial charge in [0.15, 0.2) is 5.01 Å². The van der Waals surface area contributed by atoms with Crippen molar-refractivity contribution in [2.45, 2.75) is 37.0 Å². The number of anilines is 1. The molecule has 0 fully saturated rings. The monoisotopic (exact) mass is 429 g/mol. The number of hydrogen-bond donors (Lipinski definition) is 2. The number of halogens is 2. The molecule has 2 heterocycles.